The minimum Gasteiger partial charge on any atom is -0.492 e. The summed E-state index contributed by atoms with van der Waals surface area (Å²) in [5, 5.41) is 2.63. The van der Waals surface area contributed by atoms with Gasteiger partial charge in [-0.15, -0.1) is 0 Å². The number of carbonyl (C=O) groups is 3. The molecule has 0 spiro atoms. The zero-order valence-electron chi connectivity index (χ0n) is 15.7. The van der Waals surface area contributed by atoms with E-state index in [-0.39, 0.29) is 24.8 Å². The highest BCUT2D eigenvalue weighted by Crippen LogP contribution is 2.32. The molecule has 26 heavy (non-hydrogen) atoms. The molecule has 0 aliphatic carbocycles. The molecule has 0 saturated heterocycles. The molecule has 0 atom stereocenters. The van der Waals surface area contributed by atoms with Crippen LogP contribution in [-0.4, -0.2) is 50.8 Å². The number of rotatable bonds is 10. The summed E-state index contributed by atoms with van der Waals surface area (Å²) in [6.07, 6.45) is 0. The van der Waals surface area contributed by atoms with Crippen LogP contribution in [0.2, 0.25) is 0 Å². The summed E-state index contributed by atoms with van der Waals surface area (Å²) >= 11 is 0. The second-order valence-electron chi connectivity index (χ2n) is 5.19. The molecule has 1 rings (SSSR count). The number of ether oxygens (including phenoxy) is 3. The van der Waals surface area contributed by atoms with Crippen LogP contribution in [0, 0.1) is 0 Å². The first-order chi connectivity index (χ1) is 12.4. The number of benzene rings is 1. The van der Waals surface area contributed by atoms with Gasteiger partial charge in [-0.25, -0.2) is 4.90 Å². The number of carbonyl (C=O) groups excluding carboxylic acids is 3. The summed E-state index contributed by atoms with van der Waals surface area (Å²) in [5.74, 6) is -1.01. The summed E-state index contributed by atoms with van der Waals surface area (Å²) in [6, 6.07) is 4.74. The molecule has 1 aromatic rings. The van der Waals surface area contributed by atoms with Crippen molar-refractivity contribution in [2.24, 2.45) is 0 Å². The van der Waals surface area contributed by atoms with Crippen molar-refractivity contribution >= 4 is 29.1 Å². The van der Waals surface area contributed by atoms with Crippen LogP contribution in [-0.2, 0) is 23.9 Å². The van der Waals surface area contributed by atoms with Crippen molar-refractivity contribution < 1.29 is 28.6 Å². The van der Waals surface area contributed by atoms with Gasteiger partial charge in [0.25, 0.3) is 11.8 Å². The molecule has 0 fully saturated rings. The van der Waals surface area contributed by atoms with Crippen LogP contribution in [0.3, 0.4) is 0 Å². The number of imide groups is 1. The van der Waals surface area contributed by atoms with Crippen LogP contribution in [0.25, 0.3) is 0 Å². The minimum absolute atomic E-state index is 0.229. The lowest BCUT2D eigenvalue weighted by atomic mass is 10.2. The first kappa shape index (κ1) is 21.6. The van der Waals surface area contributed by atoms with E-state index in [0.29, 0.717) is 31.3 Å². The smallest absolute Gasteiger partial charge is 0.259 e. The van der Waals surface area contributed by atoms with Gasteiger partial charge in [0.2, 0.25) is 5.91 Å². The van der Waals surface area contributed by atoms with Gasteiger partial charge < -0.3 is 19.5 Å². The van der Waals surface area contributed by atoms with Gasteiger partial charge in [0.1, 0.15) is 19.0 Å². The SMILES string of the molecule is CCOCC(=O)N(C(=O)COCC)c1cc(NC(C)=O)ccc1OCC. The summed E-state index contributed by atoms with van der Waals surface area (Å²) in [6.45, 7) is 7.17. The molecule has 0 aliphatic heterocycles. The Morgan fingerprint density at radius 3 is 2.00 bits per heavy atom. The number of hydrogen-bond donors (Lipinski definition) is 1. The van der Waals surface area contributed by atoms with Crippen LogP contribution in [0.15, 0.2) is 18.2 Å². The van der Waals surface area contributed by atoms with Crippen molar-refractivity contribution in [2.75, 3.05) is 43.3 Å². The predicted molar refractivity (Wildman–Crippen MR) is 97.4 cm³/mol. The third-order valence-electron chi connectivity index (χ3n) is 3.18. The van der Waals surface area contributed by atoms with Gasteiger partial charge in [-0.05, 0) is 39.0 Å². The fraction of sp³-hybridized carbons (Fsp3) is 0.500. The average Bonchev–Trinajstić information content (AvgIpc) is 2.60. The topological polar surface area (TPSA) is 94.2 Å². The van der Waals surface area contributed by atoms with E-state index in [4.69, 9.17) is 14.2 Å². The molecular weight excluding hydrogens is 340 g/mol. The molecule has 1 aromatic carbocycles. The third kappa shape index (κ3) is 6.45. The van der Waals surface area contributed by atoms with Crippen LogP contribution >= 0.6 is 0 Å². The maximum absolute atomic E-state index is 12.6. The van der Waals surface area contributed by atoms with E-state index >= 15 is 0 Å². The molecule has 144 valence electrons. The normalized spacial score (nSPS) is 10.3. The summed E-state index contributed by atoms with van der Waals surface area (Å²) in [5.41, 5.74) is 0.668. The summed E-state index contributed by atoms with van der Waals surface area (Å²) in [7, 11) is 0. The van der Waals surface area contributed by atoms with Gasteiger partial charge in [0, 0.05) is 25.8 Å². The van der Waals surface area contributed by atoms with Gasteiger partial charge in [-0.3, -0.25) is 14.4 Å². The van der Waals surface area contributed by atoms with E-state index in [1.165, 1.54) is 13.0 Å². The average molecular weight is 366 g/mol. The Hall–Kier alpha value is -2.45. The monoisotopic (exact) mass is 366 g/mol. The van der Waals surface area contributed by atoms with E-state index in [9.17, 15) is 14.4 Å². The Morgan fingerprint density at radius 2 is 1.54 bits per heavy atom. The lowest BCUT2D eigenvalue weighted by Gasteiger charge is -2.24. The molecule has 0 radical (unpaired) electrons. The molecule has 0 aliphatic rings. The van der Waals surface area contributed by atoms with Crippen LogP contribution < -0.4 is 15.0 Å². The Bertz CT molecular complexity index is 612. The van der Waals surface area contributed by atoms with Gasteiger partial charge >= 0.3 is 0 Å². The van der Waals surface area contributed by atoms with Gasteiger partial charge in [0.15, 0.2) is 0 Å². The fourth-order valence-corrected chi connectivity index (χ4v) is 2.17. The maximum atomic E-state index is 12.6. The molecule has 3 amide bonds. The Morgan fingerprint density at radius 1 is 0.962 bits per heavy atom. The van der Waals surface area contributed by atoms with E-state index < -0.39 is 11.8 Å². The lowest BCUT2D eigenvalue weighted by Crippen LogP contribution is -2.42. The molecule has 8 heteroatoms. The second kappa shape index (κ2) is 11.2. The van der Waals surface area contributed by atoms with E-state index in [0.717, 1.165) is 4.90 Å². The van der Waals surface area contributed by atoms with Crippen LogP contribution in [0.5, 0.6) is 5.75 Å². The van der Waals surface area contributed by atoms with Gasteiger partial charge in [-0.2, -0.15) is 0 Å². The molecule has 8 nitrogen and oxygen atoms in total. The number of nitrogens with zero attached hydrogens (tertiary/aromatic N) is 1. The zero-order valence-corrected chi connectivity index (χ0v) is 15.7. The van der Waals surface area contributed by atoms with Gasteiger partial charge in [-0.1, -0.05) is 0 Å². The number of hydrogen-bond acceptors (Lipinski definition) is 6. The number of nitrogens with one attached hydrogen (secondary N) is 1. The number of amides is 3. The van der Waals surface area contributed by atoms with Crippen molar-refractivity contribution in [1.29, 1.82) is 0 Å². The Kier molecular flexibility index (Phi) is 9.32. The molecule has 0 unspecified atom stereocenters. The van der Waals surface area contributed by atoms with Crippen molar-refractivity contribution in [3.63, 3.8) is 0 Å². The predicted octanol–water partition coefficient (Wildman–Crippen LogP) is 1.98. The van der Waals surface area contributed by atoms with Gasteiger partial charge in [0.05, 0.1) is 12.3 Å². The lowest BCUT2D eigenvalue weighted by molar-refractivity contribution is -0.131. The Labute approximate surface area is 153 Å². The highest BCUT2D eigenvalue weighted by Gasteiger charge is 2.27. The summed E-state index contributed by atoms with van der Waals surface area (Å²) in [4.78, 5) is 37.5. The standard InChI is InChI=1S/C18H26N2O6/c1-5-24-11-17(22)20(18(23)12-25-6-2)15-10-14(19-13(4)21)8-9-16(15)26-7-3/h8-10H,5-7,11-12H2,1-4H3,(H,19,21). The van der Waals surface area contributed by atoms with E-state index in [1.807, 2.05) is 0 Å². The van der Waals surface area contributed by atoms with E-state index in [2.05, 4.69) is 5.32 Å². The van der Waals surface area contributed by atoms with E-state index in [1.54, 1.807) is 32.9 Å². The van der Waals surface area contributed by atoms with Crippen molar-refractivity contribution in [3.05, 3.63) is 18.2 Å². The highest BCUT2D eigenvalue weighted by atomic mass is 16.5. The van der Waals surface area contributed by atoms with Crippen molar-refractivity contribution in [3.8, 4) is 5.75 Å². The molecule has 0 heterocycles. The third-order valence-corrected chi connectivity index (χ3v) is 3.18. The molecular formula is C18H26N2O6. The van der Waals surface area contributed by atoms with Crippen LogP contribution in [0.1, 0.15) is 27.7 Å². The van der Waals surface area contributed by atoms with Crippen molar-refractivity contribution in [2.45, 2.75) is 27.7 Å². The van der Waals surface area contributed by atoms with Crippen LogP contribution in [0.4, 0.5) is 11.4 Å². The second-order valence-corrected chi connectivity index (χ2v) is 5.19. The maximum Gasteiger partial charge on any atom is 0.259 e. The molecule has 0 bridgehead atoms. The molecule has 0 aromatic heterocycles. The first-order valence-corrected chi connectivity index (χ1v) is 8.50. The summed E-state index contributed by atoms with van der Waals surface area (Å²) < 4.78 is 15.9. The molecule has 1 N–H and O–H groups in total. The molecule has 0 saturated carbocycles. The van der Waals surface area contributed by atoms with Crippen molar-refractivity contribution in [1.82, 2.24) is 0 Å². The Balaban J connectivity index is 3.32. The number of anilines is 2. The first-order valence-electron chi connectivity index (χ1n) is 8.50. The fourth-order valence-electron chi connectivity index (χ4n) is 2.17. The largest absolute Gasteiger partial charge is 0.492 e. The quantitative estimate of drug-likeness (QED) is 0.680. The minimum atomic E-state index is -0.544. The highest BCUT2D eigenvalue weighted by molar-refractivity contribution is 6.17. The zero-order chi connectivity index (χ0) is 19.5.